The predicted octanol–water partition coefficient (Wildman–Crippen LogP) is 2.66. The van der Waals surface area contributed by atoms with Crippen molar-refractivity contribution in [2.75, 3.05) is 12.4 Å². The molecule has 1 amide bonds. The highest BCUT2D eigenvalue weighted by Gasteiger charge is 2.15. The predicted molar refractivity (Wildman–Crippen MR) is 55.3 cm³/mol. The molecule has 0 aliphatic rings. The zero-order valence-electron chi connectivity index (χ0n) is 7.76. The molecule has 0 fully saturated rings. The molecular formula is C9H8BrF2NO2. The van der Waals surface area contributed by atoms with E-state index in [0.29, 0.717) is 10.2 Å². The van der Waals surface area contributed by atoms with Crippen LogP contribution in [0.15, 0.2) is 22.7 Å². The number of methoxy groups -OCH3 is 1. The number of halogens is 3. The smallest absolute Gasteiger partial charge is 0.315 e. The van der Waals surface area contributed by atoms with Crippen molar-refractivity contribution in [3.8, 4) is 5.75 Å². The number of carbonyl (C=O) groups is 1. The molecule has 0 saturated heterocycles. The number of benzene rings is 1. The van der Waals surface area contributed by atoms with Crippen LogP contribution in [0.5, 0.6) is 5.75 Å². The van der Waals surface area contributed by atoms with E-state index in [0.717, 1.165) is 0 Å². The van der Waals surface area contributed by atoms with Gasteiger partial charge in [-0.15, -0.1) is 0 Å². The zero-order valence-corrected chi connectivity index (χ0v) is 9.35. The Bertz CT molecular complexity index is 371. The lowest BCUT2D eigenvalue weighted by Crippen LogP contribution is -2.19. The van der Waals surface area contributed by atoms with Crippen molar-refractivity contribution in [1.82, 2.24) is 0 Å². The molecule has 0 saturated carbocycles. The second-order valence-electron chi connectivity index (χ2n) is 2.64. The van der Waals surface area contributed by atoms with Crippen LogP contribution < -0.4 is 10.1 Å². The molecule has 0 unspecified atom stereocenters. The van der Waals surface area contributed by atoms with Gasteiger partial charge in [-0.3, -0.25) is 4.79 Å². The van der Waals surface area contributed by atoms with E-state index in [1.54, 1.807) is 6.07 Å². The molecule has 0 bridgehead atoms. The lowest BCUT2D eigenvalue weighted by molar-refractivity contribution is -0.126. The van der Waals surface area contributed by atoms with Crippen molar-refractivity contribution in [3.63, 3.8) is 0 Å². The summed E-state index contributed by atoms with van der Waals surface area (Å²) in [5, 5.41) is 2.06. The molecular weight excluding hydrogens is 272 g/mol. The molecule has 15 heavy (non-hydrogen) atoms. The van der Waals surface area contributed by atoms with Gasteiger partial charge in [0.25, 0.3) is 5.91 Å². The molecule has 3 nitrogen and oxygen atoms in total. The van der Waals surface area contributed by atoms with E-state index in [4.69, 9.17) is 4.74 Å². The van der Waals surface area contributed by atoms with Crippen LogP contribution in [0.1, 0.15) is 0 Å². The largest absolute Gasteiger partial charge is 0.496 e. The summed E-state index contributed by atoms with van der Waals surface area (Å²) in [7, 11) is 1.48. The van der Waals surface area contributed by atoms with E-state index in [9.17, 15) is 13.6 Å². The molecule has 1 rings (SSSR count). The van der Waals surface area contributed by atoms with Gasteiger partial charge in [0.05, 0.1) is 11.6 Å². The van der Waals surface area contributed by atoms with Crippen LogP contribution in [0.3, 0.4) is 0 Å². The summed E-state index contributed by atoms with van der Waals surface area (Å²) in [6, 6.07) is 4.52. The van der Waals surface area contributed by atoms with Crippen molar-refractivity contribution >= 4 is 27.5 Å². The Labute approximate surface area is 93.5 Å². The monoisotopic (exact) mass is 279 g/mol. The molecule has 1 N–H and O–H groups in total. The van der Waals surface area contributed by atoms with Crippen molar-refractivity contribution < 1.29 is 18.3 Å². The van der Waals surface area contributed by atoms with Crippen LogP contribution in [0.2, 0.25) is 0 Å². The first kappa shape index (κ1) is 11.9. The quantitative estimate of drug-likeness (QED) is 0.924. The summed E-state index contributed by atoms with van der Waals surface area (Å²) in [6.45, 7) is 0. The summed E-state index contributed by atoms with van der Waals surface area (Å²) in [5.74, 6) is -0.767. The maximum Gasteiger partial charge on any atom is 0.315 e. The second kappa shape index (κ2) is 5.06. The lowest BCUT2D eigenvalue weighted by atomic mass is 10.3. The zero-order chi connectivity index (χ0) is 11.4. The maximum atomic E-state index is 11.9. The van der Waals surface area contributed by atoms with E-state index in [1.165, 1.54) is 19.2 Å². The Hall–Kier alpha value is -1.17. The highest BCUT2D eigenvalue weighted by Crippen LogP contribution is 2.27. The third-order valence-corrected chi connectivity index (χ3v) is 2.24. The Morgan fingerprint density at radius 1 is 1.53 bits per heavy atom. The minimum absolute atomic E-state index is 0.285. The number of anilines is 1. The highest BCUT2D eigenvalue weighted by molar-refractivity contribution is 9.10. The van der Waals surface area contributed by atoms with Gasteiger partial charge >= 0.3 is 6.43 Å². The molecule has 0 heterocycles. The molecule has 0 atom stereocenters. The van der Waals surface area contributed by atoms with Gasteiger partial charge in [-0.2, -0.15) is 8.78 Å². The molecule has 6 heteroatoms. The molecule has 82 valence electrons. The van der Waals surface area contributed by atoms with Gasteiger partial charge in [0.2, 0.25) is 0 Å². The maximum absolute atomic E-state index is 11.9. The van der Waals surface area contributed by atoms with Crippen LogP contribution in [0.25, 0.3) is 0 Å². The SMILES string of the molecule is COc1ccc(NC(=O)C(F)F)cc1Br. The number of hydrogen-bond acceptors (Lipinski definition) is 2. The number of rotatable bonds is 3. The highest BCUT2D eigenvalue weighted by atomic mass is 79.9. The minimum atomic E-state index is -3.02. The fourth-order valence-corrected chi connectivity index (χ4v) is 1.48. The van der Waals surface area contributed by atoms with E-state index < -0.39 is 12.3 Å². The molecule has 1 aromatic rings. The molecule has 1 aromatic carbocycles. The normalized spacial score (nSPS) is 10.2. The number of ether oxygens (including phenoxy) is 1. The number of alkyl halides is 2. The molecule has 0 aliphatic carbocycles. The number of amides is 1. The van der Waals surface area contributed by atoms with Gasteiger partial charge in [-0.1, -0.05) is 0 Å². The fourth-order valence-electron chi connectivity index (χ4n) is 0.941. The molecule has 0 aromatic heterocycles. The topological polar surface area (TPSA) is 38.3 Å². The summed E-state index contributed by atoms with van der Waals surface area (Å²) in [5.41, 5.74) is 0.285. The summed E-state index contributed by atoms with van der Waals surface area (Å²) in [6.07, 6.45) is -3.02. The summed E-state index contributed by atoms with van der Waals surface area (Å²) in [4.78, 5) is 10.7. The Morgan fingerprint density at radius 2 is 2.20 bits per heavy atom. The van der Waals surface area contributed by atoms with E-state index >= 15 is 0 Å². The Kier molecular flexibility index (Phi) is 4.02. The lowest BCUT2D eigenvalue weighted by Gasteiger charge is -2.07. The minimum Gasteiger partial charge on any atom is -0.496 e. The molecule has 0 spiro atoms. The third kappa shape index (κ3) is 3.16. The first-order valence-electron chi connectivity index (χ1n) is 3.97. The van der Waals surface area contributed by atoms with Crippen molar-refractivity contribution in [2.45, 2.75) is 6.43 Å². The Morgan fingerprint density at radius 3 is 2.67 bits per heavy atom. The van der Waals surface area contributed by atoms with Crippen LogP contribution in [0.4, 0.5) is 14.5 Å². The average molecular weight is 280 g/mol. The van der Waals surface area contributed by atoms with Crippen LogP contribution in [-0.2, 0) is 4.79 Å². The van der Waals surface area contributed by atoms with Crippen LogP contribution in [0, 0.1) is 0 Å². The fraction of sp³-hybridized carbons (Fsp3) is 0.222. The van der Waals surface area contributed by atoms with Crippen molar-refractivity contribution in [3.05, 3.63) is 22.7 Å². The summed E-state index contributed by atoms with van der Waals surface area (Å²) < 4.78 is 29.3. The van der Waals surface area contributed by atoms with Gasteiger partial charge in [0, 0.05) is 5.69 Å². The number of carbonyl (C=O) groups excluding carboxylic acids is 1. The Balaban J connectivity index is 2.80. The van der Waals surface area contributed by atoms with E-state index in [-0.39, 0.29) is 5.69 Å². The standard InChI is InChI=1S/C9H8BrF2NO2/c1-15-7-3-2-5(4-6(7)10)13-9(14)8(11)12/h2-4,8H,1H3,(H,13,14). The van der Waals surface area contributed by atoms with Gasteiger partial charge in [0.1, 0.15) is 5.75 Å². The van der Waals surface area contributed by atoms with Gasteiger partial charge < -0.3 is 10.1 Å². The summed E-state index contributed by atoms with van der Waals surface area (Å²) >= 11 is 3.17. The van der Waals surface area contributed by atoms with E-state index in [2.05, 4.69) is 21.2 Å². The van der Waals surface area contributed by atoms with E-state index in [1.807, 2.05) is 0 Å². The second-order valence-corrected chi connectivity index (χ2v) is 3.49. The van der Waals surface area contributed by atoms with Crippen LogP contribution >= 0.6 is 15.9 Å². The van der Waals surface area contributed by atoms with Crippen molar-refractivity contribution in [2.24, 2.45) is 0 Å². The number of hydrogen-bond donors (Lipinski definition) is 1. The van der Waals surface area contributed by atoms with Gasteiger partial charge in [-0.05, 0) is 34.1 Å². The molecule has 0 radical (unpaired) electrons. The average Bonchev–Trinajstić information content (AvgIpc) is 2.18. The first-order chi connectivity index (χ1) is 7.04. The first-order valence-corrected chi connectivity index (χ1v) is 4.76. The van der Waals surface area contributed by atoms with Crippen molar-refractivity contribution in [1.29, 1.82) is 0 Å². The van der Waals surface area contributed by atoms with Gasteiger partial charge in [-0.25, -0.2) is 0 Å². The third-order valence-electron chi connectivity index (χ3n) is 1.62. The molecule has 0 aliphatic heterocycles. The van der Waals surface area contributed by atoms with Gasteiger partial charge in [0.15, 0.2) is 0 Å². The number of nitrogens with one attached hydrogen (secondary N) is 1. The van der Waals surface area contributed by atoms with Crippen LogP contribution in [-0.4, -0.2) is 19.4 Å².